The van der Waals surface area contributed by atoms with Crippen molar-refractivity contribution in [3.8, 4) is 22.0 Å². The average molecular weight is 566 g/mol. The van der Waals surface area contributed by atoms with Crippen LogP contribution in [-0.2, 0) is 6.42 Å². The lowest BCUT2D eigenvalue weighted by atomic mass is 10.1. The molecule has 0 fully saturated rings. The second kappa shape index (κ2) is 9.87. The van der Waals surface area contributed by atoms with Gasteiger partial charge in [-0.2, -0.15) is 5.10 Å². The molecule has 10 heteroatoms. The van der Waals surface area contributed by atoms with Crippen LogP contribution in [0.4, 0.5) is 5.69 Å². The van der Waals surface area contributed by atoms with Crippen molar-refractivity contribution in [2.75, 3.05) is 12.1 Å². The zero-order valence-corrected chi connectivity index (χ0v) is 21.6. The number of hydrazine groups is 1. The first-order chi connectivity index (χ1) is 15.8. The van der Waals surface area contributed by atoms with E-state index in [2.05, 4.69) is 15.9 Å². The Morgan fingerprint density at radius 3 is 2.48 bits per heavy atom. The molecule has 6 nitrogen and oxygen atoms in total. The SMILES string of the molecule is CCc1c(C(=O)N(N)c2ccc(OC)cc2)nn(-c2ccc(Cl)cc2Cl)c1-c1ccc(Br)s1. The molecule has 0 saturated heterocycles. The highest BCUT2D eigenvalue weighted by Crippen LogP contribution is 2.38. The number of carbonyl (C=O) groups excluding carboxylic acids is 1. The summed E-state index contributed by atoms with van der Waals surface area (Å²) in [5, 5.41) is 6.71. The van der Waals surface area contributed by atoms with Gasteiger partial charge in [0, 0.05) is 10.6 Å². The molecule has 2 N–H and O–H groups in total. The van der Waals surface area contributed by atoms with Crippen molar-refractivity contribution >= 4 is 62.1 Å². The summed E-state index contributed by atoms with van der Waals surface area (Å²) in [6.45, 7) is 1.97. The topological polar surface area (TPSA) is 73.4 Å². The van der Waals surface area contributed by atoms with Gasteiger partial charge in [0.1, 0.15) is 5.75 Å². The number of amides is 1. The molecule has 0 bridgehead atoms. The molecular formula is C23H19BrCl2N4O2S. The lowest BCUT2D eigenvalue weighted by Crippen LogP contribution is -2.38. The Hall–Kier alpha value is -2.36. The number of thiophene rings is 1. The van der Waals surface area contributed by atoms with Crippen molar-refractivity contribution in [3.05, 3.63) is 79.7 Å². The third-order valence-electron chi connectivity index (χ3n) is 5.05. The van der Waals surface area contributed by atoms with Crippen molar-refractivity contribution in [2.24, 2.45) is 5.84 Å². The largest absolute Gasteiger partial charge is 0.497 e. The fourth-order valence-corrected chi connectivity index (χ4v) is 5.39. The molecule has 33 heavy (non-hydrogen) atoms. The second-order valence-electron chi connectivity index (χ2n) is 7.01. The Labute approximate surface area is 213 Å². The molecule has 0 atom stereocenters. The minimum atomic E-state index is -0.433. The molecule has 0 saturated carbocycles. The van der Waals surface area contributed by atoms with Gasteiger partial charge in [0.15, 0.2) is 5.69 Å². The summed E-state index contributed by atoms with van der Waals surface area (Å²) in [5.41, 5.74) is 2.93. The first-order valence-corrected chi connectivity index (χ1v) is 12.3. The van der Waals surface area contributed by atoms with Gasteiger partial charge >= 0.3 is 0 Å². The Balaban J connectivity index is 1.88. The number of nitrogens with two attached hydrogens (primary N) is 1. The fraction of sp³-hybridized carbons (Fsp3) is 0.130. The Bertz CT molecular complexity index is 1320. The number of hydrogen-bond donors (Lipinski definition) is 1. The van der Waals surface area contributed by atoms with Crippen LogP contribution in [0.5, 0.6) is 5.75 Å². The van der Waals surface area contributed by atoms with Crippen LogP contribution in [0.1, 0.15) is 23.0 Å². The molecule has 4 aromatic rings. The summed E-state index contributed by atoms with van der Waals surface area (Å²) in [6, 6.07) is 16.0. The summed E-state index contributed by atoms with van der Waals surface area (Å²) in [4.78, 5) is 14.4. The number of aromatic nitrogens is 2. The maximum Gasteiger partial charge on any atom is 0.293 e. The molecule has 0 aliphatic heterocycles. The smallest absolute Gasteiger partial charge is 0.293 e. The highest BCUT2D eigenvalue weighted by Gasteiger charge is 2.28. The van der Waals surface area contributed by atoms with E-state index in [0.717, 1.165) is 24.9 Å². The van der Waals surface area contributed by atoms with Crippen LogP contribution in [-0.4, -0.2) is 22.8 Å². The van der Waals surface area contributed by atoms with Crippen LogP contribution in [0.3, 0.4) is 0 Å². The van der Waals surface area contributed by atoms with Crippen molar-refractivity contribution < 1.29 is 9.53 Å². The molecule has 0 aliphatic carbocycles. The van der Waals surface area contributed by atoms with Gasteiger partial charge in [0.25, 0.3) is 5.91 Å². The molecule has 2 heterocycles. The van der Waals surface area contributed by atoms with Crippen LogP contribution in [0.15, 0.2) is 58.4 Å². The van der Waals surface area contributed by atoms with Crippen LogP contribution in [0.2, 0.25) is 10.0 Å². The number of hydrogen-bond acceptors (Lipinski definition) is 5. The fourth-order valence-electron chi connectivity index (χ4n) is 3.45. The number of ether oxygens (including phenoxy) is 1. The number of anilines is 1. The van der Waals surface area contributed by atoms with Gasteiger partial charge < -0.3 is 4.74 Å². The van der Waals surface area contributed by atoms with E-state index in [-0.39, 0.29) is 5.69 Å². The van der Waals surface area contributed by atoms with E-state index in [1.165, 1.54) is 11.3 Å². The highest BCUT2D eigenvalue weighted by molar-refractivity contribution is 9.11. The van der Waals surface area contributed by atoms with E-state index in [0.29, 0.717) is 33.6 Å². The van der Waals surface area contributed by atoms with Crippen molar-refractivity contribution in [2.45, 2.75) is 13.3 Å². The number of nitrogens with zero attached hydrogens (tertiary/aromatic N) is 3. The van der Waals surface area contributed by atoms with Crippen molar-refractivity contribution in [3.63, 3.8) is 0 Å². The summed E-state index contributed by atoms with van der Waals surface area (Å²) in [6.07, 6.45) is 0.563. The van der Waals surface area contributed by atoms with Gasteiger partial charge in [-0.05, 0) is 76.9 Å². The first kappa shape index (κ1) is 23.8. The van der Waals surface area contributed by atoms with Gasteiger partial charge in [0.05, 0.1) is 37.9 Å². The molecule has 2 aromatic carbocycles. The predicted molar refractivity (Wildman–Crippen MR) is 138 cm³/mol. The van der Waals surface area contributed by atoms with Crippen LogP contribution >= 0.6 is 50.5 Å². The summed E-state index contributed by atoms with van der Waals surface area (Å²) in [7, 11) is 1.58. The Morgan fingerprint density at radius 1 is 1.18 bits per heavy atom. The summed E-state index contributed by atoms with van der Waals surface area (Å²) >= 11 is 17.7. The average Bonchev–Trinajstić information content (AvgIpc) is 3.41. The number of halogens is 3. The first-order valence-electron chi connectivity index (χ1n) is 9.90. The number of methoxy groups -OCH3 is 1. The van der Waals surface area contributed by atoms with Gasteiger partial charge in [0.2, 0.25) is 0 Å². The molecule has 2 aromatic heterocycles. The summed E-state index contributed by atoms with van der Waals surface area (Å²) < 4.78 is 7.83. The third kappa shape index (κ3) is 4.67. The predicted octanol–water partition coefficient (Wildman–Crippen LogP) is 6.76. The molecule has 1 amide bonds. The van der Waals surface area contributed by atoms with Crippen LogP contribution in [0.25, 0.3) is 16.3 Å². The lowest BCUT2D eigenvalue weighted by molar-refractivity contribution is 0.0981. The van der Waals surface area contributed by atoms with Crippen molar-refractivity contribution in [1.29, 1.82) is 0 Å². The van der Waals surface area contributed by atoms with E-state index in [9.17, 15) is 4.79 Å². The molecule has 0 radical (unpaired) electrons. The van der Waals surface area contributed by atoms with Gasteiger partial charge in [-0.15, -0.1) is 11.3 Å². The number of carbonyl (C=O) groups is 1. The quantitative estimate of drug-likeness (QED) is 0.159. The third-order valence-corrected chi connectivity index (χ3v) is 7.22. The Morgan fingerprint density at radius 2 is 1.91 bits per heavy atom. The van der Waals surface area contributed by atoms with E-state index in [1.54, 1.807) is 54.3 Å². The van der Waals surface area contributed by atoms with Gasteiger partial charge in [-0.3, -0.25) is 4.79 Å². The Kier molecular flexibility index (Phi) is 7.11. The molecule has 4 rings (SSSR count). The molecular weight excluding hydrogens is 547 g/mol. The van der Waals surface area contributed by atoms with E-state index >= 15 is 0 Å². The zero-order valence-electron chi connectivity index (χ0n) is 17.7. The zero-order chi connectivity index (χ0) is 23.7. The number of benzene rings is 2. The van der Waals surface area contributed by atoms with Gasteiger partial charge in [-0.1, -0.05) is 30.1 Å². The van der Waals surface area contributed by atoms with E-state index in [1.807, 2.05) is 19.1 Å². The van der Waals surface area contributed by atoms with E-state index in [4.69, 9.17) is 38.9 Å². The normalized spacial score (nSPS) is 11.0. The maximum absolute atomic E-state index is 13.5. The second-order valence-corrected chi connectivity index (χ2v) is 10.3. The van der Waals surface area contributed by atoms with Crippen LogP contribution in [0, 0.1) is 0 Å². The summed E-state index contributed by atoms with van der Waals surface area (Å²) in [5.74, 6) is 6.46. The van der Waals surface area contributed by atoms with E-state index < -0.39 is 5.91 Å². The number of rotatable bonds is 6. The molecule has 170 valence electrons. The monoisotopic (exact) mass is 564 g/mol. The minimum absolute atomic E-state index is 0.251. The molecule has 0 aliphatic rings. The van der Waals surface area contributed by atoms with Gasteiger partial charge in [-0.25, -0.2) is 15.5 Å². The highest BCUT2D eigenvalue weighted by atomic mass is 79.9. The maximum atomic E-state index is 13.5. The molecule has 0 unspecified atom stereocenters. The van der Waals surface area contributed by atoms with Crippen molar-refractivity contribution in [1.82, 2.24) is 9.78 Å². The standard InChI is InChI=1S/C23H19BrCl2N4O2S/c1-3-16-21(23(31)29(27)14-5-7-15(32-2)8-6-14)28-30(18-9-4-13(25)12-17(18)26)22(16)19-10-11-20(24)33-19/h4-12H,3,27H2,1-2H3. The molecule has 0 spiro atoms. The minimum Gasteiger partial charge on any atom is -0.497 e. The lowest BCUT2D eigenvalue weighted by Gasteiger charge is -2.16. The van der Waals surface area contributed by atoms with Crippen LogP contribution < -0.4 is 15.6 Å².